The molecule has 0 aliphatic carbocycles. The molecule has 1 aliphatic rings. The van der Waals surface area contributed by atoms with E-state index < -0.39 is 0 Å². The second kappa shape index (κ2) is 7.18. The number of rotatable bonds is 4. The quantitative estimate of drug-likeness (QED) is 0.848. The van der Waals surface area contributed by atoms with Gasteiger partial charge in [-0.15, -0.1) is 0 Å². The highest BCUT2D eigenvalue weighted by Gasteiger charge is 2.25. The Bertz CT molecular complexity index is 618. The highest BCUT2D eigenvalue weighted by atomic mass is 16.5. The first-order chi connectivity index (χ1) is 11.1. The average Bonchev–Trinajstić information content (AvgIpc) is 2.83. The number of benzene rings is 1. The van der Waals surface area contributed by atoms with E-state index in [2.05, 4.69) is 59.4 Å². The Hall–Kier alpha value is -1.81. The summed E-state index contributed by atoms with van der Waals surface area (Å²) in [4.78, 5) is 4.69. The lowest BCUT2D eigenvalue weighted by atomic mass is 10.1. The summed E-state index contributed by atoms with van der Waals surface area (Å²) >= 11 is 0. The zero-order valence-electron chi connectivity index (χ0n) is 14.5. The van der Waals surface area contributed by atoms with E-state index in [9.17, 15) is 0 Å². The van der Waals surface area contributed by atoms with Crippen LogP contribution >= 0.6 is 0 Å². The van der Waals surface area contributed by atoms with Crippen molar-refractivity contribution in [3.63, 3.8) is 0 Å². The Kier molecular flexibility index (Phi) is 5.01. The van der Waals surface area contributed by atoms with Gasteiger partial charge in [0, 0.05) is 32.4 Å². The maximum absolute atomic E-state index is 5.58. The van der Waals surface area contributed by atoms with Crippen molar-refractivity contribution in [1.29, 1.82) is 0 Å². The van der Waals surface area contributed by atoms with Gasteiger partial charge in [0.15, 0.2) is 5.76 Å². The average molecular weight is 313 g/mol. The fraction of sp³-hybridized carbons (Fsp3) is 0.526. The van der Waals surface area contributed by atoms with Gasteiger partial charge < -0.3 is 9.42 Å². The van der Waals surface area contributed by atoms with E-state index in [-0.39, 0.29) is 0 Å². The Labute approximate surface area is 139 Å². The van der Waals surface area contributed by atoms with Crippen LogP contribution in [0.15, 0.2) is 34.9 Å². The predicted molar refractivity (Wildman–Crippen MR) is 93.6 cm³/mol. The van der Waals surface area contributed by atoms with Gasteiger partial charge in [-0.3, -0.25) is 4.90 Å². The van der Waals surface area contributed by atoms with Gasteiger partial charge in [0.05, 0.1) is 11.7 Å². The van der Waals surface area contributed by atoms with Crippen LogP contribution in [0.25, 0.3) is 0 Å². The lowest BCUT2D eigenvalue weighted by Gasteiger charge is -2.28. The minimum absolute atomic E-state index is 0.354. The maximum atomic E-state index is 5.58. The van der Waals surface area contributed by atoms with Crippen LogP contribution in [0.5, 0.6) is 0 Å². The molecule has 23 heavy (non-hydrogen) atoms. The molecule has 1 aliphatic heterocycles. The molecule has 1 unspecified atom stereocenters. The van der Waals surface area contributed by atoms with E-state index in [0.29, 0.717) is 6.04 Å². The zero-order valence-corrected chi connectivity index (χ0v) is 14.5. The number of anilines is 1. The first kappa shape index (κ1) is 16.1. The number of nitrogens with zero attached hydrogens (tertiary/aromatic N) is 3. The molecule has 0 bridgehead atoms. The van der Waals surface area contributed by atoms with Crippen molar-refractivity contribution in [3.05, 3.63) is 47.3 Å². The first-order valence-corrected chi connectivity index (χ1v) is 8.57. The largest absolute Gasteiger partial charge is 0.378 e. The number of aromatic nitrogens is 1. The summed E-state index contributed by atoms with van der Waals surface area (Å²) in [6.45, 7) is 4.09. The minimum Gasteiger partial charge on any atom is -0.378 e. The lowest BCUT2D eigenvalue weighted by Crippen LogP contribution is -2.28. The van der Waals surface area contributed by atoms with E-state index >= 15 is 0 Å². The van der Waals surface area contributed by atoms with Crippen molar-refractivity contribution in [1.82, 2.24) is 10.1 Å². The molecule has 124 valence electrons. The third-order valence-electron chi connectivity index (χ3n) is 4.68. The summed E-state index contributed by atoms with van der Waals surface area (Å²) in [7, 11) is 4.15. The second-order valence-electron chi connectivity index (χ2n) is 6.77. The fourth-order valence-corrected chi connectivity index (χ4v) is 3.35. The molecule has 3 rings (SSSR count). The second-order valence-corrected chi connectivity index (χ2v) is 6.77. The smallest absolute Gasteiger partial charge is 0.154 e. The molecule has 0 radical (unpaired) electrons. The summed E-state index contributed by atoms with van der Waals surface area (Å²) in [5, 5.41) is 4.09. The van der Waals surface area contributed by atoms with Gasteiger partial charge in [0.25, 0.3) is 0 Å². The molecule has 1 atom stereocenters. The molecule has 4 heteroatoms. The minimum atomic E-state index is 0.354. The van der Waals surface area contributed by atoms with E-state index in [1.807, 2.05) is 6.92 Å². The van der Waals surface area contributed by atoms with Crippen LogP contribution in [-0.4, -0.2) is 30.7 Å². The molecular weight excluding hydrogens is 286 g/mol. The molecule has 4 nitrogen and oxygen atoms in total. The summed E-state index contributed by atoms with van der Waals surface area (Å²) in [5.41, 5.74) is 3.57. The molecule has 0 amide bonds. The third kappa shape index (κ3) is 3.94. The topological polar surface area (TPSA) is 32.5 Å². The van der Waals surface area contributed by atoms with Crippen molar-refractivity contribution in [2.75, 3.05) is 25.5 Å². The fourth-order valence-electron chi connectivity index (χ4n) is 3.35. The Morgan fingerprint density at radius 3 is 2.61 bits per heavy atom. The molecule has 0 saturated carbocycles. The van der Waals surface area contributed by atoms with Gasteiger partial charge in [-0.2, -0.15) is 0 Å². The summed E-state index contributed by atoms with van der Waals surface area (Å²) in [6, 6.07) is 11.3. The molecule has 1 aromatic heterocycles. The molecule has 0 spiro atoms. The Balaban J connectivity index is 1.77. The third-order valence-corrected chi connectivity index (χ3v) is 4.68. The maximum Gasteiger partial charge on any atom is 0.154 e. The SMILES string of the molecule is Cc1cc(C2CCCCCN2Cc2ccc(N(C)C)cc2)on1. The molecular formula is C19H27N3O. The van der Waals surface area contributed by atoms with Crippen molar-refractivity contribution < 1.29 is 4.52 Å². The predicted octanol–water partition coefficient (Wildman–Crippen LogP) is 4.17. The van der Waals surface area contributed by atoms with E-state index in [4.69, 9.17) is 4.52 Å². The molecule has 0 N–H and O–H groups in total. The summed E-state index contributed by atoms with van der Waals surface area (Å²) in [6.07, 6.45) is 4.99. The van der Waals surface area contributed by atoms with Crippen LogP contribution in [0.2, 0.25) is 0 Å². The van der Waals surface area contributed by atoms with Crippen LogP contribution in [0.3, 0.4) is 0 Å². The molecule has 2 heterocycles. The number of hydrogen-bond acceptors (Lipinski definition) is 4. The van der Waals surface area contributed by atoms with Gasteiger partial charge in [-0.05, 0) is 44.0 Å². The zero-order chi connectivity index (χ0) is 16.2. The molecule has 2 aromatic rings. The van der Waals surface area contributed by atoms with Crippen LogP contribution in [0, 0.1) is 6.92 Å². The monoisotopic (exact) mass is 313 g/mol. The standard InChI is InChI=1S/C19H27N3O/c1-15-13-19(23-20-15)18-7-5-4-6-12-22(18)14-16-8-10-17(11-9-16)21(2)3/h8-11,13,18H,4-7,12,14H2,1-3H3. The van der Waals surface area contributed by atoms with E-state index in [0.717, 1.165) is 31.0 Å². The van der Waals surface area contributed by atoms with Crippen LogP contribution in [0.4, 0.5) is 5.69 Å². The van der Waals surface area contributed by atoms with E-state index in [1.165, 1.54) is 30.5 Å². The normalized spacial score (nSPS) is 19.5. The molecule has 1 saturated heterocycles. The summed E-state index contributed by atoms with van der Waals surface area (Å²) in [5.74, 6) is 1.02. The van der Waals surface area contributed by atoms with Crippen molar-refractivity contribution in [2.24, 2.45) is 0 Å². The van der Waals surface area contributed by atoms with Gasteiger partial charge in [-0.1, -0.05) is 30.1 Å². The highest BCUT2D eigenvalue weighted by molar-refractivity contribution is 5.46. The molecule has 1 aromatic carbocycles. The summed E-state index contributed by atoms with van der Waals surface area (Å²) < 4.78 is 5.58. The van der Waals surface area contributed by atoms with Crippen molar-refractivity contribution >= 4 is 5.69 Å². The van der Waals surface area contributed by atoms with E-state index in [1.54, 1.807) is 0 Å². The number of aryl methyl sites for hydroxylation is 1. The van der Waals surface area contributed by atoms with Gasteiger partial charge in [0.1, 0.15) is 0 Å². The molecule has 1 fully saturated rings. The van der Waals surface area contributed by atoms with Gasteiger partial charge >= 0.3 is 0 Å². The lowest BCUT2D eigenvalue weighted by molar-refractivity contribution is 0.160. The van der Waals surface area contributed by atoms with Crippen molar-refractivity contribution in [2.45, 2.75) is 45.2 Å². The Morgan fingerprint density at radius 1 is 1.17 bits per heavy atom. The van der Waals surface area contributed by atoms with Crippen LogP contribution < -0.4 is 4.90 Å². The Morgan fingerprint density at radius 2 is 1.96 bits per heavy atom. The van der Waals surface area contributed by atoms with Crippen LogP contribution in [-0.2, 0) is 6.54 Å². The first-order valence-electron chi connectivity index (χ1n) is 8.57. The van der Waals surface area contributed by atoms with Gasteiger partial charge in [0.2, 0.25) is 0 Å². The number of likely N-dealkylation sites (tertiary alicyclic amines) is 1. The number of hydrogen-bond donors (Lipinski definition) is 0. The van der Waals surface area contributed by atoms with Crippen molar-refractivity contribution in [3.8, 4) is 0 Å². The van der Waals surface area contributed by atoms with Gasteiger partial charge in [-0.25, -0.2) is 0 Å². The highest BCUT2D eigenvalue weighted by Crippen LogP contribution is 2.32. The van der Waals surface area contributed by atoms with Crippen LogP contribution in [0.1, 0.15) is 48.7 Å².